The lowest BCUT2D eigenvalue weighted by Gasteiger charge is -2.32. The fourth-order valence-electron chi connectivity index (χ4n) is 3.80. The van der Waals surface area contributed by atoms with Crippen molar-refractivity contribution in [2.75, 3.05) is 11.9 Å². The molecule has 1 aromatic heterocycles. The average molecular weight is 394 g/mol. The van der Waals surface area contributed by atoms with E-state index < -0.39 is 5.82 Å². The summed E-state index contributed by atoms with van der Waals surface area (Å²) in [7, 11) is 0. The minimum atomic E-state index is -0.559. The number of fused-ring (bicyclic) bond motifs is 2. The van der Waals surface area contributed by atoms with Gasteiger partial charge in [-0.1, -0.05) is 17.7 Å². The molecule has 8 heteroatoms. The van der Waals surface area contributed by atoms with E-state index in [1.54, 1.807) is 11.0 Å². The Kier molecular flexibility index (Phi) is 4.58. The molecule has 1 saturated carbocycles. The molecule has 4 rings (SSSR count). The number of urea groups is 1. The number of nitrogens with one attached hydrogen (secondary N) is 2. The van der Waals surface area contributed by atoms with Crippen LogP contribution in [0.1, 0.15) is 22.5 Å². The monoisotopic (exact) mass is 393 g/mol. The van der Waals surface area contributed by atoms with E-state index in [-0.39, 0.29) is 40.6 Å². The summed E-state index contributed by atoms with van der Waals surface area (Å²) in [6.45, 7) is 0.557. The molecule has 3 amide bonds. The van der Waals surface area contributed by atoms with E-state index in [0.29, 0.717) is 11.4 Å². The zero-order valence-electron chi connectivity index (χ0n) is 13.7. The predicted molar refractivity (Wildman–Crippen MR) is 99.2 cm³/mol. The van der Waals surface area contributed by atoms with E-state index >= 15 is 0 Å². The van der Waals surface area contributed by atoms with Gasteiger partial charge in [-0.05, 0) is 48.4 Å². The number of likely N-dealkylation sites (tertiary alicyclic amines) is 1. The highest BCUT2D eigenvalue weighted by Crippen LogP contribution is 2.38. The van der Waals surface area contributed by atoms with E-state index in [1.165, 1.54) is 29.5 Å². The summed E-state index contributed by atoms with van der Waals surface area (Å²) in [6.07, 6.45) is 1.57. The van der Waals surface area contributed by atoms with E-state index in [9.17, 15) is 14.0 Å². The highest BCUT2D eigenvalue weighted by Gasteiger charge is 2.47. The maximum absolute atomic E-state index is 13.9. The van der Waals surface area contributed by atoms with Crippen LogP contribution in [-0.4, -0.2) is 35.5 Å². The second-order valence-electron chi connectivity index (χ2n) is 6.65. The Hall–Kier alpha value is -2.12. The van der Waals surface area contributed by atoms with Crippen molar-refractivity contribution in [2.24, 2.45) is 5.92 Å². The lowest BCUT2D eigenvalue weighted by molar-refractivity contribution is 0.0919. The molecule has 3 atom stereocenters. The van der Waals surface area contributed by atoms with Crippen LogP contribution < -0.4 is 10.6 Å². The summed E-state index contributed by atoms with van der Waals surface area (Å²) >= 11 is 7.14. The van der Waals surface area contributed by atoms with E-state index in [1.807, 2.05) is 11.4 Å². The predicted octanol–water partition coefficient (Wildman–Crippen LogP) is 3.97. The Morgan fingerprint density at radius 2 is 2.12 bits per heavy atom. The van der Waals surface area contributed by atoms with Gasteiger partial charge in [-0.25, -0.2) is 9.18 Å². The highest BCUT2D eigenvalue weighted by molar-refractivity contribution is 7.12. The lowest BCUT2D eigenvalue weighted by atomic mass is 10.0. The van der Waals surface area contributed by atoms with Crippen molar-refractivity contribution in [3.8, 4) is 0 Å². The van der Waals surface area contributed by atoms with Crippen molar-refractivity contribution in [2.45, 2.75) is 24.9 Å². The Balaban J connectivity index is 1.36. The van der Waals surface area contributed by atoms with Crippen LogP contribution in [0.25, 0.3) is 0 Å². The van der Waals surface area contributed by atoms with Gasteiger partial charge >= 0.3 is 6.03 Å². The highest BCUT2D eigenvalue weighted by atomic mass is 35.5. The number of anilines is 1. The van der Waals surface area contributed by atoms with Crippen LogP contribution in [0.4, 0.5) is 14.9 Å². The van der Waals surface area contributed by atoms with Crippen molar-refractivity contribution in [3.05, 3.63) is 51.4 Å². The maximum atomic E-state index is 13.9. The third-order valence-corrected chi connectivity index (χ3v) is 6.14. The summed E-state index contributed by atoms with van der Waals surface area (Å²) in [5, 5.41) is 7.84. The Labute approximate surface area is 159 Å². The molecule has 2 heterocycles. The number of hydrogen-bond acceptors (Lipinski definition) is 3. The zero-order valence-corrected chi connectivity index (χ0v) is 15.3. The quantitative estimate of drug-likeness (QED) is 0.829. The molecule has 1 aromatic carbocycles. The van der Waals surface area contributed by atoms with Crippen LogP contribution in [0.15, 0.2) is 35.7 Å². The van der Waals surface area contributed by atoms with E-state index in [4.69, 9.17) is 11.6 Å². The van der Waals surface area contributed by atoms with Crippen molar-refractivity contribution in [1.82, 2.24) is 10.2 Å². The molecule has 0 unspecified atom stereocenters. The lowest BCUT2D eigenvalue weighted by Crippen LogP contribution is -2.48. The SMILES string of the molecule is O=C(N[C@H]1C[C@@H]2C[C@H]1CN2C(=O)Nc1ccc(Cl)cc1F)c1cccs1. The smallest absolute Gasteiger partial charge is 0.322 e. The van der Waals surface area contributed by atoms with Gasteiger partial charge in [0.05, 0.1) is 10.6 Å². The number of carbonyl (C=O) groups excluding carboxylic acids is 2. The van der Waals surface area contributed by atoms with Crippen molar-refractivity contribution >= 4 is 40.6 Å². The number of halogens is 2. The number of rotatable bonds is 3. The normalized spacial score (nSPS) is 23.9. The fourth-order valence-corrected chi connectivity index (χ4v) is 4.59. The first-order chi connectivity index (χ1) is 12.5. The minimum absolute atomic E-state index is 0.0585. The van der Waals surface area contributed by atoms with Crippen molar-refractivity contribution < 1.29 is 14.0 Å². The first-order valence-corrected chi connectivity index (χ1v) is 9.64. The van der Waals surface area contributed by atoms with Gasteiger partial charge in [0.15, 0.2) is 0 Å². The molecule has 2 aliphatic rings. The second kappa shape index (κ2) is 6.89. The Bertz CT molecular complexity index is 845. The largest absolute Gasteiger partial charge is 0.348 e. The Morgan fingerprint density at radius 3 is 2.77 bits per heavy atom. The number of piperidine rings is 1. The minimum Gasteiger partial charge on any atom is -0.348 e. The molecule has 1 saturated heterocycles. The van der Waals surface area contributed by atoms with Gasteiger partial charge < -0.3 is 15.5 Å². The fraction of sp³-hybridized carbons (Fsp3) is 0.333. The van der Waals surface area contributed by atoms with E-state index in [2.05, 4.69) is 10.6 Å². The van der Waals surface area contributed by atoms with Crippen LogP contribution >= 0.6 is 22.9 Å². The average Bonchev–Trinajstić information content (AvgIpc) is 3.33. The molecular weight excluding hydrogens is 377 g/mol. The van der Waals surface area contributed by atoms with Crippen molar-refractivity contribution in [3.63, 3.8) is 0 Å². The van der Waals surface area contributed by atoms with Gasteiger partial charge in [0.25, 0.3) is 5.91 Å². The molecule has 2 bridgehead atoms. The molecule has 2 N–H and O–H groups in total. The Morgan fingerprint density at radius 1 is 1.27 bits per heavy atom. The van der Waals surface area contributed by atoms with Crippen LogP contribution in [-0.2, 0) is 0 Å². The maximum Gasteiger partial charge on any atom is 0.322 e. The summed E-state index contributed by atoms with van der Waals surface area (Å²) < 4.78 is 13.9. The standard InChI is InChI=1S/C18H17ClFN3O2S/c19-11-3-4-14(13(20)7-11)22-18(25)23-9-10-6-12(23)8-15(10)21-17(24)16-2-1-5-26-16/h1-5,7,10,12,15H,6,8-9H2,(H,21,24)(H,22,25)/t10-,12-,15-/m0/s1. The molecule has 2 fully saturated rings. The van der Waals surface area contributed by atoms with Crippen LogP contribution in [0, 0.1) is 11.7 Å². The van der Waals surface area contributed by atoms with Gasteiger partial charge in [-0.3, -0.25) is 4.79 Å². The van der Waals surface area contributed by atoms with E-state index in [0.717, 1.165) is 12.8 Å². The molecule has 136 valence electrons. The molecule has 0 spiro atoms. The molecule has 2 aromatic rings. The van der Waals surface area contributed by atoms with Crippen molar-refractivity contribution in [1.29, 1.82) is 0 Å². The van der Waals surface area contributed by atoms with Gasteiger partial charge in [0.2, 0.25) is 0 Å². The molecule has 0 radical (unpaired) electrons. The van der Waals surface area contributed by atoms with Gasteiger partial charge in [-0.2, -0.15) is 0 Å². The molecule has 5 nitrogen and oxygen atoms in total. The molecule has 26 heavy (non-hydrogen) atoms. The number of amides is 3. The summed E-state index contributed by atoms with van der Waals surface area (Å²) in [5.74, 6) is -0.391. The van der Waals surface area contributed by atoms with Gasteiger partial charge in [0, 0.05) is 23.7 Å². The molecule has 1 aliphatic heterocycles. The van der Waals surface area contributed by atoms with Crippen LogP contribution in [0.3, 0.4) is 0 Å². The summed E-state index contributed by atoms with van der Waals surface area (Å²) in [5.41, 5.74) is 0.115. The topological polar surface area (TPSA) is 61.4 Å². The molecule has 1 aliphatic carbocycles. The van der Waals surface area contributed by atoms with Gasteiger partial charge in [0.1, 0.15) is 5.82 Å². The summed E-state index contributed by atoms with van der Waals surface area (Å²) in [6, 6.07) is 7.62. The third-order valence-electron chi connectivity index (χ3n) is 5.04. The third kappa shape index (κ3) is 3.29. The van der Waals surface area contributed by atoms with Crippen LogP contribution in [0.5, 0.6) is 0 Å². The first-order valence-electron chi connectivity index (χ1n) is 8.38. The van der Waals surface area contributed by atoms with Crippen LogP contribution in [0.2, 0.25) is 5.02 Å². The summed E-state index contributed by atoms with van der Waals surface area (Å²) in [4.78, 5) is 27.1. The number of nitrogens with zero attached hydrogens (tertiary/aromatic N) is 1. The number of carbonyl (C=O) groups is 2. The second-order valence-corrected chi connectivity index (χ2v) is 8.03. The number of thiophene rings is 1. The zero-order chi connectivity index (χ0) is 18.3. The number of benzene rings is 1. The molecular formula is C18H17ClFN3O2S. The van der Waals surface area contributed by atoms with Gasteiger partial charge in [-0.15, -0.1) is 11.3 Å². The first kappa shape index (κ1) is 17.3. The number of hydrogen-bond donors (Lipinski definition) is 2.